The molecule has 0 bridgehead atoms. The lowest BCUT2D eigenvalue weighted by molar-refractivity contribution is 0.0696. The number of carboxylic acids is 1. The molecule has 5 nitrogen and oxygen atoms in total. The highest BCUT2D eigenvalue weighted by molar-refractivity contribution is 14.1. The standard InChI is InChI=1S/C12H14INO4/c1-7(2)6-18-12(17)14-10-5-8(11(15)16)3-4-9(10)13/h3-5,7H,6H2,1-2H3,(H,14,17)(H,15,16). The fourth-order valence-electron chi connectivity index (χ4n) is 1.14. The van der Waals surface area contributed by atoms with Crippen molar-refractivity contribution in [3.8, 4) is 0 Å². The predicted molar refractivity (Wildman–Crippen MR) is 75.9 cm³/mol. The second-order valence-corrected chi connectivity index (χ2v) is 5.28. The third kappa shape index (κ3) is 4.52. The van der Waals surface area contributed by atoms with Crippen molar-refractivity contribution in [1.82, 2.24) is 0 Å². The molecule has 0 aliphatic carbocycles. The first-order valence-electron chi connectivity index (χ1n) is 5.36. The molecule has 98 valence electrons. The van der Waals surface area contributed by atoms with Gasteiger partial charge < -0.3 is 9.84 Å². The molecule has 0 fully saturated rings. The largest absolute Gasteiger partial charge is 0.478 e. The molecule has 0 unspecified atom stereocenters. The summed E-state index contributed by atoms with van der Waals surface area (Å²) in [6, 6.07) is 4.51. The summed E-state index contributed by atoms with van der Waals surface area (Å²) >= 11 is 2.01. The van der Waals surface area contributed by atoms with E-state index >= 15 is 0 Å². The second kappa shape index (κ2) is 6.58. The van der Waals surface area contributed by atoms with Crippen LogP contribution in [0.3, 0.4) is 0 Å². The van der Waals surface area contributed by atoms with Gasteiger partial charge >= 0.3 is 12.1 Å². The zero-order chi connectivity index (χ0) is 13.7. The number of halogens is 1. The lowest BCUT2D eigenvalue weighted by atomic mass is 10.2. The minimum absolute atomic E-state index is 0.120. The first-order valence-corrected chi connectivity index (χ1v) is 6.44. The van der Waals surface area contributed by atoms with Gasteiger partial charge in [-0.1, -0.05) is 13.8 Å². The quantitative estimate of drug-likeness (QED) is 0.806. The molecular formula is C12H14INO4. The van der Waals surface area contributed by atoms with Gasteiger partial charge in [0.1, 0.15) is 0 Å². The Bertz CT molecular complexity index is 459. The molecule has 0 atom stereocenters. The number of carbonyl (C=O) groups excluding carboxylic acids is 1. The van der Waals surface area contributed by atoms with Crippen LogP contribution in [0.15, 0.2) is 18.2 Å². The van der Waals surface area contributed by atoms with Crippen LogP contribution in [0.2, 0.25) is 0 Å². The highest BCUT2D eigenvalue weighted by Crippen LogP contribution is 2.20. The van der Waals surface area contributed by atoms with Crippen LogP contribution in [0.1, 0.15) is 24.2 Å². The van der Waals surface area contributed by atoms with Gasteiger partial charge in [0.2, 0.25) is 0 Å². The third-order valence-electron chi connectivity index (χ3n) is 2.00. The molecule has 1 aromatic carbocycles. The lowest BCUT2D eigenvalue weighted by Gasteiger charge is -2.10. The summed E-state index contributed by atoms with van der Waals surface area (Å²) in [5.74, 6) is -0.787. The number of nitrogens with one attached hydrogen (secondary N) is 1. The van der Waals surface area contributed by atoms with E-state index in [4.69, 9.17) is 9.84 Å². The van der Waals surface area contributed by atoms with Crippen LogP contribution in [0.25, 0.3) is 0 Å². The number of anilines is 1. The van der Waals surface area contributed by atoms with Crippen LogP contribution in [-0.2, 0) is 4.74 Å². The summed E-state index contributed by atoms with van der Waals surface area (Å²) in [4.78, 5) is 22.3. The maximum absolute atomic E-state index is 11.5. The third-order valence-corrected chi connectivity index (χ3v) is 2.94. The number of carbonyl (C=O) groups is 2. The van der Waals surface area contributed by atoms with Crippen LogP contribution in [-0.4, -0.2) is 23.8 Å². The van der Waals surface area contributed by atoms with E-state index in [9.17, 15) is 9.59 Å². The first-order chi connectivity index (χ1) is 8.40. The molecule has 1 amide bonds. The zero-order valence-corrected chi connectivity index (χ0v) is 12.2. The maximum Gasteiger partial charge on any atom is 0.411 e. The SMILES string of the molecule is CC(C)COC(=O)Nc1cc(C(=O)O)ccc1I. The van der Waals surface area contributed by atoms with Gasteiger partial charge in [-0.15, -0.1) is 0 Å². The van der Waals surface area contributed by atoms with Crippen molar-refractivity contribution in [2.75, 3.05) is 11.9 Å². The van der Waals surface area contributed by atoms with Gasteiger partial charge in [-0.25, -0.2) is 9.59 Å². The second-order valence-electron chi connectivity index (χ2n) is 4.12. The Balaban J connectivity index is 2.74. The fraction of sp³-hybridized carbons (Fsp3) is 0.333. The van der Waals surface area contributed by atoms with Crippen molar-refractivity contribution < 1.29 is 19.4 Å². The molecule has 0 saturated heterocycles. The predicted octanol–water partition coefficient (Wildman–Crippen LogP) is 3.19. The minimum Gasteiger partial charge on any atom is -0.478 e. The Morgan fingerprint density at radius 1 is 1.44 bits per heavy atom. The number of hydrogen-bond acceptors (Lipinski definition) is 3. The number of benzene rings is 1. The van der Waals surface area contributed by atoms with Crippen LogP contribution in [0.5, 0.6) is 0 Å². The monoisotopic (exact) mass is 363 g/mol. The van der Waals surface area contributed by atoms with Gasteiger partial charge in [-0.05, 0) is 46.7 Å². The van der Waals surface area contributed by atoms with Gasteiger partial charge in [0.25, 0.3) is 0 Å². The summed E-state index contributed by atoms with van der Waals surface area (Å²) in [6.07, 6.45) is -0.579. The highest BCUT2D eigenvalue weighted by Gasteiger charge is 2.10. The van der Waals surface area contributed by atoms with Gasteiger partial charge in [-0.3, -0.25) is 5.32 Å². The van der Waals surface area contributed by atoms with Crippen molar-refractivity contribution in [3.63, 3.8) is 0 Å². The molecule has 0 saturated carbocycles. The Hall–Kier alpha value is -1.31. The normalized spacial score (nSPS) is 10.2. The average Bonchev–Trinajstić information content (AvgIpc) is 2.29. The van der Waals surface area contributed by atoms with Crippen LogP contribution >= 0.6 is 22.6 Å². The van der Waals surface area contributed by atoms with E-state index in [0.717, 1.165) is 3.57 Å². The van der Waals surface area contributed by atoms with Crippen LogP contribution < -0.4 is 5.32 Å². The van der Waals surface area contributed by atoms with E-state index in [0.29, 0.717) is 12.3 Å². The lowest BCUT2D eigenvalue weighted by Crippen LogP contribution is -2.17. The number of aromatic carboxylic acids is 1. The Labute approximate surface area is 119 Å². The number of hydrogen-bond donors (Lipinski definition) is 2. The van der Waals surface area contributed by atoms with E-state index in [1.807, 2.05) is 36.4 Å². The number of rotatable bonds is 4. The molecule has 0 heterocycles. The number of carboxylic acid groups (broad SMARTS) is 1. The molecule has 1 aromatic rings. The van der Waals surface area contributed by atoms with E-state index in [1.54, 1.807) is 6.07 Å². The molecule has 2 N–H and O–H groups in total. The van der Waals surface area contributed by atoms with Crippen molar-refractivity contribution >= 4 is 40.3 Å². The molecule has 0 aliphatic heterocycles. The average molecular weight is 363 g/mol. The molecule has 18 heavy (non-hydrogen) atoms. The zero-order valence-electron chi connectivity index (χ0n) is 10.1. The van der Waals surface area contributed by atoms with Crippen molar-refractivity contribution in [2.45, 2.75) is 13.8 Å². The summed E-state index contributed by atoms with van der Waals surface area (Å²) < 4.78 is 5.71. The van der Waals surface area contributed by atoms with E-state index in [-0.39, 0.29) is 11.5 Å². The molecular weight excluding hydrogens is 349 g/mol. The smallest absolute Gasteiger partial charge is 0.411 e. The minimum atomic E-state index is -1.04. The van der Waals surface area contributed by atoms with Gasteiger partial charge in [-0.2, -0.15) is 0 Å². The van der Waals surface area contributed by atoms with Crippen LogP contribution in [0.4, 0.5) is 10.5 Å². The van der Waals surface area contributed by atoms with Crippen molar-refractivity contribution in [1.29, 1.82) is 0 Å². The first kappa shape index (κ1) is 14.7. The van der Waals surface area contributed by atoms with E-state index in [2.05, 4.69) is 5.32 Å². The molecule has 6 heteroatoms. The number of ether oxygens (including phenoxy) is 1. The van der Waals surface area contributed by atoms with Crippen LogP contribution in [0, 0.1) is 9.49 Å². The van der Waals surface area contributed by atoms with Gasteiger partial charge in [0, 0.05) is 3.57 Å². The molecule has 0 radical (unpaired) electrons. The summed E-state index contributed by atoms with van der Waals surface area (Å²) in [7, 11) is 0. The molecule has 1 rings (SSSR count). The van der Waals surface area contributed by atoms with Crippen molar-refractivity contribution in [2.24, 2.45) is 5.92 Å². The highest BCUT2D eigenvalue weighted by atomic mass is 127. The molecule has 0 aliphatic rings. The fourth-order valence-corrected chi connectivity index (χ4v) is 1.61. The summed E-state index contributed by atoms with van der Waals surface area (Å²) in [5.41, 5.74) is 0.554. The maximum atomic E-state index is 11.5. The van der Waals surface area contributed by atoms with E-state index < -0.39 is 12.1 Å². The van der Waals surface area contributed by atoms with E-state index in [1.165, 1.54) is 12.1 Å². The molecule has 0 aromatic heterocycles. The summed E-state index contributed by atoms with van der Waals surface area (Å²) in [6.45, 7) is 4.19. The Morgan fingerprint density at radius 3 is 2.67 bits per heavy atom. The Kier molecular flexibility index (Phi) is 5.39. The van der Waals surface area contributed by atoms with Gasteiger partial charge in [0.15, 0.2) is 0 Å². The summed E-state index contributed by atoms with van der Waals surface area (Å²) in [5, 5.41) is 11.4. The molecule has 0 spiro atoms. The van der Waals surface area contributed by atoms with Crippen molar-refractivity contribution in [3.05, 3.63) is 27.3 Å². The van der Waals surface area contributed by atoms with Gasteiger partial charge in [0.05, 0.1) is 17.9 Å². The number of amides is 1. The topological polar surface area (TPSA) is 75.6 Å². The Morgan fingerprint density at radius 2 is 2.11 bits per heavy atom.